The first-order valence-electron chi connectivity index (χ1n) is 0.911. The Bertz CT molecular complexity index is 6.00. The van der Waals surface area contributed by atoms with E-state index in [9.17, 15) is 0 Å². The van der Waals surface area contributed by atoms with Crippen molar-refractivity contribution < 1.29 is 58.2 Å². The summed E-state index contributed by atoms with van der Waals surface area (Å²) in [4.78, 5) is 0. The third-order valence-electron chi connectivity index (χ3n) is 0. The van der Waals surface area contributed by atoms with E-state index >= 15 is 0 Å². The van der Waals surface area contributed by atoms with E-state index in [2.05, 4.69) is 0 Å². The first kappa shape index (κ1) is 9.23. The van der Waals surface area contributed by atoms with Crippen LogP contribution in [0.15, 0.2) is 0 Å². The summed E-state index contributed by atoms with van der Waals surface area (Å²) in [6.45, 7) is 3.28. The zero-order valence-corrected chi connectivity index (χ0v) is 8.07. The van der Waals surface area contributed by atoms with Crippen LogP contribution in [-0.4, -0.2) is 0 Å². The molecule has 0 saturated heterocycles. The maximum Gasteiger partial charge on any atom is 1.00 e. The molecule has 0 aromatic heterocycles. The second-order valence-corrected chi connectivity index (χ2v) is 0.333. The maximum atomic E-state index is 4.72. The van der Waals surface area contributed by atoms with Crippen molar-refractivity contribution in [2.45, 2.75) is 6.92 Å². The predicted octanol–water partition coefficient (Wildman–Crippen LogP) is -2.87. The summed E-state index contributed by atoms with van der Waals surface area (Å²) in [5.74, 6) is 0. The van der Waals surface area contributed by atoms with Crippen LogP contribution in [0.5, 0.6) is 0 Å². The second kappa shape index (κ2) is 8.83. The van der Waals surface area contributed by atoms with Crippen LogP contribution in [0, 0.1) is 6.54 Å². The second-order valence-electron chi connectivity index (χ2n) is 0.333. The molecule has 0 aromatic carbocycles. The summed E-state index contributed by atoms with van der Waals surface area (Å²) >= 11 is 0. The van der Waals surface area contributed by atoms with Gasteiger partial charge in [-0.3, -0.25) is 6.54 Å². The molecule has 0 aliphatic rings. The van der Waals surface area contributed by atoms with Crippen molar-refractivity contribution in [1.82, 2.24) is 0 Å². The molecular weight excluding hydrogens is 123 g/mol. The molecule has 0 saturated carbocycles. The van der Waals surface area contributed by atoms with E-state index in [4.69, 9.17) is 5.73 Å². The first-order chi connectivity index (χ1) is 1.41. The third-order valence-corrected chi connectivity index (χ3v) is 0. The summed E-state index contributed by atoms with van der Waals surface area (Å²) in [5.41, 5.74) is 4.72. The molecule has 20 valence electrons. The van der Waals surface area contributed by atoms with Crippen LogP contribution in [-0.2, 0) is 0 Å². The fourth-order valence-corrected chi connectivity index (χ4v) is 0. The van der Waals surface area contributed by atoms with Crippen molar-refractivity contribution >= 4 is 0 Å². The van der Waals surface area contributed by atoms with Gasteiger partial charge in [0.2, 0.25) is 0 Å². The zero-order chi connectivity index (χ0) is 2.71. The molecular formula is C2H6NRb. The average molecular weight is 130 g/mol. The van der Waals surface area contributed by atoms with Crippen molar-refractivity contribution in [3.05, 3.63) is 6.54 Å². The molecule has 4 heavy (non-hydrogen) atoms. The summed E-state index contributed by atoms with van der Waals surface area (Å²) in [7, 11) is 0. The van der Waals surface area contributed by atoms with Gasteiger partial charge in [0.25, 0.3) is 0 Å². The zero-order valence-electron chi connectivity index (χ0n) is 3.15. The summed E-state index contributed by atoms with van der Waals surface area (Å²) in [5, 5.41) is 0. The van der Waals surface area contributed by atoms with Gasteiger partial charge in [0, 0.05) is 0 Å². The standard InChI is InChI=1S/C2H6N.Rb/c1-2-3;/h2H,3H2,1H3;/q-1;+1. The molecule has 2 heteroatoms. The fourth-order valence-electron chi connectivity index (χ4n) is 0. The van der Waals surface area contributed by atoms with Crippen molar-refractivity contribution in [2.24, 2.45) is 5.73 Å². The van der Waals surface area contributed by atoms with Gasteiger partial charge in [-0.2, -0.15) is 6.92 Å². The Morgan fingerprint density at radius 1 is 1.75 bits per heavy atom. The Morgan fingerprint density at radius 2 is 1.75 bits per heavy atom. The SMILES string of the molecule is C[CH-]N.[Rb+]. The van der Waals surface area contributed by atoms with E-state index in [1.165, 1.54) is 6.54 Å². The van der Waals surface area contributed by atoms with Crippen LogP contribution in [0.1, 0.15) is 6.92 Å². The van der Waals surface area contributed by atoms with Crippen molar-refractivity contribution in [3.8, 4) is 0 Å². The number of nitrogens with two attached hydrogens (primary N) is 1. The van der Waals surface area contributed by atoms with Crippen LogP contribution in [0.4, 0.5) is 0 Å². The van der Waals surface area contributed by atoms with Gasteiger partial charge in [0.05, 0.1) is 0 Å². The largest absolute Gasteiger partial charge is 1.00 e. The molecule has 0 aliphatic carbocycles. The van der Waals surface area contributed by atoms with Crippen LogP contribution in [0.25, 0.3) is 0 Å². The quantitative estimate of drug-likeness (QED) is 0.350. The molecule has 2 N–H and O–H groups in total. The van der Waals surface area contributed by atoms with Crippen LogP contribution >= 0.6 is 0 Å². The Labute approximate surface area is 75.7 Å². The minimum Gasteiger partial charge on any atom is -0.484 e. The monoisotopic (exact) mass is 129 g/mol. The van der Waals surface area contributed by atoms with Crippen LogP contribution < -0.4 is 63.9 Å². The molecule has 0 rings (SSSR count). The Kier molecular flexibility index (Phi) is 20.4. The average Bonchev–Trinajstić information content (AvgIpc) is 0.918. The molecule has 1 nitrogen and oxygen atoms in total. The van der Waals surface area contributed by atoms with Gasteiger partial charge in [-0.05, 0) is 0 Å². The molecule has 0 aliphatic heterocycles. The minimum absolute atomic E-state index is 0. The van der Waals surface area contributed by atoms with Crippen molar-refractivity contribution in [2.75, 3.05) is 0 Å². The summed E-state index contributed by atoms with van der Waals surface area (Å²) in [6.07, 6.45) is 0. The Hall–Kier alpha value is 1.77. The van der Waals surface area contributed by atoms with Crippen molar-refractivity contribution in [3.63, 3.8) is 0 Å². The normalized spacial score (nSPS) is 4.50. The Balaban J connectivity index is 0. The van der Waals surface area contributed by atoms with E-state index < -0.39 is 0 Å². The van der Waals surface area contributed by atoms with Gasteiger partial charge < -0.3 is 5.73 Å². The Morgan fingerprint density at radius 3 is 1.75 bits per heavy atom. The molecule has 0 aromatic rings. The summed E-state index contributed by atoms with van der Waals surface area (Å²) < 4.78 is 0. The number of rotatable bonds is 0. The van der Waals surface area contributed by atoms with Gasteiger partial charge in [-0.15, -0.1) is 0 Å². The van der Waals surface area contributed by atoms with Gasteiger partial charge in [-0.25, -0.2) is 0 Å². The van der Waals surface area contributed by atoms with E-state index in [0.717, 1.165) is 0 Å². The molecule has 0 unspecified atom stereocenters. The van der Waals surface area contributed by atoms with E-state index in [0.29, 0.717) is 0 Å². The number of hydrogen-bond donors (Lipinski definition) is 1. The van der Waals surface area contributed by atoms with Gasteiger partial charge in [0.1, 0.15) is 0 Å². The van der Waals surface area contributed by atoms with E-state index in [1.807, 2.05) is 0 Å². The fraction of sp³-hybridized carbons (Fsp3) is 0.500. The minimum atomic E-state index is 0. The maximum absolute atomic E-state index is 4.72. The van der Waals surface area contributed by atoms with E-state index in [1.54, 1.807) is 6.92 Å². The summed E-state index contributed by atoms with van der Waals surface area (Å²) in [6, 6.07) is 0. The van der Waals surface area contributed by atoms with Crippen LogP contribution in [0.2, 0.25) is 0 Å². The van der Waals surface area contributed by atoms with Crippen LogP contribution in [0.3, 0.4) is 0 Å². The predicted molar refractivity (Wildman–Crippen MR) is 14.2 cm³/mol. The number of hydrogen-bond acceptors (Lipinski definition) is 1. The molecule has 0 heterocycles. The molecule has 0 fully saturated rings. The van der Waals surface area contributed by atoms with Gasteiger partial charge in [-0.1, -0.05) is 0 Å². The third kappa shape index (κ3) is 9.24. The van der Waals surface area contributed by atoms with E-state index in [-0.39, 0.29) is 58.2 Å². The molecule has 0 spiro atoms. The first-order valence-corrected chi connectivity index (χ1v) is 0.911. The van der Waals surface area contributed by atoms with Gasteiger partial charge >= 0.3 is 58.2 Å². The van der Waals surface area contributed by atoms with Gasteiger partial charge in [0.15, 0.2) is 0 Å². The van der Waals surface area contributed by atoms with Crippen molar-refractivity contribution in [1.29, 1.82) is 0 Å². The molecule has 0 atom stereocenters. The molecule has 0 radical (unpaired) electrons. The molecule has 0 amide bonds. The molecule has 0 bridgehead atoms. The smallest absolute Gasteiger partial charge is 0.484 e. The topological polar surface area (TPSA) is 26.0 Å².